The van der Waals surface area contributed by atoms with Crippen molar-refractivity contribution >= 4 is 28.9 Å². The van der Waals surface area contributed by atoms with Gasteiger partial charge < -0.3 is 10.4 Å². The molecule has 1 atom stereocenters. The molecule has 0 amide bonds. The monoisotopic (exact) mass is 276 g/mol. The van der Waals surface area contributed by atoms with Crippen molar-refractivity contribution in [1.82, 2.24) is 4.98 Å². The van der Waals surface area contributed by atoms with E-state index in [0.717, 1.165) is 17.7 Å². The highest BCUT2D eigenvalue weighted by Crippen LogP contribution is 2.28. The minimum atomic E-state index is -0.157. The van der Waals surface area contributed by atoms with Crippen molar-refractivity contribution in [3.8, 4) is 0 Å². The molecule has 0 saturated carbocycles. The summed E-state index contributed by atoms with van der Waals surface area (Å²) in [7, 11) is 0. The summed E-state index contributed by atoms with van der Waals surface area (Å²) in [5, 5.41) is 13.3. The number of aliphatic hydroxyl groups is 1. The molecule has 17 heavy (non-hydrogen) atoms. The van der Waals surface area contributed by atoms with Crippen molar-refractivity contribution in [3.05, 3.63) is 21.9 Å². The summed E-state index contributed by atoms with van der Waals surface area (Å²) in [6, 6.07) is 1.76. The van der Waals surface area contributed by atoms with Gasteiger partial charge in [-0.1, -0.05) is 37.0 Å². The van der Waals surface area contributed by atoms with Crippen LogP contribution in [0.1, 0.15) is 25.8 Å². The van der Waals surface area contributed by atoms with Crippen LogP contribution in [0.25, 0.3) is 0 Å². The zero-order chi connectivity index (χ0) is 13.1. The Hall–Kier alpha value is -0.510. The number of pyridine rings is 1. The Kier molecular flexibility index (Phi) is 5.04. The third-order valence-corrected chi connectivity index (χ3v) is 3.54. The van der Waals surface area contributed by atoms with E-state index in [1.807, 2.05) is 20.8 Å². The normalized spacial score (nSPS) is 14.5. The van der Waals surface area contributed by atoms with Gasteiger partial charge in [0.1, 0.15) is 5.15 Å². The van der Waals surface area contributed by atoms with Gasteiger partial charge in [-0.15, -0.1) is 0 Å². The van der Waals surface area contributed by atoms with Crippen molar-refractivity contribution in [2.75, 3.05) is 18.5 Å². The topological polar surface area (TPSA) is 45.1 Å². The largest absolute Gasteiger partial charge is 0.396 e. The second-order valence-corrected chi connectivity index (χ2v) is 5.35. The summed E-state index contributed by atoms with van der Waals surface area (Å²) in [5.41, 5.74) is 1.57. The molecule has 0 aliphatic rings. The Morgan fingerprint density at radius 3 is 2.59 bits per heavy atom. The first kappa shape index (κ1) is 14.6. The Bertz CT molecular complexity index is 369. The van der Waals surface area contributed by atoms with Crippen molar-refractivity contribution in [3.63, 3.8) is 0 Å². The minimum absolute atomic E-state index is 0.133. The predicted octanol–water partition coefficient (Wildman–Crippen LogP) is 3.52. The van der Waals surface area contributed by atoms with E-state index in [1.54, 1.807) is 6.07 Å². The highest BCUT2D eigenvalue weighted by atomic mass is 35.5. The van der Waals surface area contributed by atoms with Crippen LogP contribution in [0, 0.1) is 12.3 Å². The average Bonchev–Trinajstić information content (AvgIpc) is 2.27. The van der Waals surface area contributed by atoms with E-state index in [4.69, 9.17) is 23.2 Å². The number of aryl methyl sites for hydroxylation is 1. The van der Waals surface area contributed by atoms with Gasteiger partial charge in [0.2, 0.25) is 0 Å². The predicted molar refractivity (Wildman–Crippen MR) is 73.0 cm³/mol. The first-order valence-corrected chi connectivity index (χ1v) is 6.35. The summed E-state index contributed by atoms with van der Waals surface area (Å²) in [6.45, 7) is 6.77. The molecule has 0 fully saturated rings. The van der Waals surface area contributed by atoms with Crippen LogP contribution >= 0.6 is 23.2 Å². The van der Waals surface area contributed by atoms with Crippen molar-refractivity contribution < 1.29 is 5.11 Å². The van der Waals surface area contributed by atoms with E-state index < -0.39 is 0 Å². The van der Waals surface area contributed by atoms with Crippen LogP contribution in [-0.4, -0.2) is 23.2 Å². The molecular formula is C12H18Cl2N2O. The maximum atomic E-state index is 9.34. The van der Waals surface area contributed by atoms with Crippen LogP contribution < -0.4 is 5.32 Å². The Morgan fingerprint density at radius 2 is 2.12 bits per heavy atom. The van der Waals surface area contributed by atoms with Crippen LogP contribution in [0.15, 0.2) is 6.07 Å². The number of nitrogens with one attached hydrogen (secondary N) is 1. The quantitative estimate of drug-likeness (QED) is 0.809. The number of aromatic nitrogens is 1. The van der Waals surface area contributed by atoms with Crippen molar-refractivity contribution in [2.24, 2.45) is 5.41 Å². The molecule has 2 N–H and O–H groups in total. The summed E-state index contributed by atoms with van der Waals surface area (Å²) in [4.78, 5) is 3.99. The van der Waals surface area contributed by atoms with Crippen LogP contribution in [0.3, 0.4) is 0 Å². The van der Waals surface area contributed by atoms with Gasteiger partial charge in [0.15, 0.2) is 5.15 Å². The van der Waals surface area contributed by atoms with E-state index >= 15 is 0 Å². The SMILES string of the molecule is CCC(C)(CO)CNc1c(C)cc(Cl)nc1Cl. The molecule has 0 saturated heterocycles. The molecule has 0 aliphatic carbocycles. The van der Waals surface area contributed by atoms with Crippen molar-refractivity contribution in [1.29, 1.82) is 0 Å². The lowest BCUT2D eigenvalue weighted by molar-refractivity contribution is 0.149. The number of aliphatic hydroxyl groups excluding tert-OH is 1. The molecule has 96 valence electrons. The molecule has 1 aromatic heterocycles. The fourth-order valence-electron chi connectivity index (χ4n) is 1.40. The van der Waals surface area contributed by atoms with Crippen LogP contribution in [0.2, 0.25) is 10.3 Å². The highest BCUT2D eigenvalue weighted by Gasteiger charge is 2.21. The van der Waals surface area contributed by atoms with Gasteiger partial charge in [-0.05, 0) is 25.0 Å². The lowest BCUT2D eigenvalue weighted by atomic mass is 9.88. The second-order valence-electron chi connectivity index (χ2n) is 4.60. The smallest absolute Gasteiger partial charge is 0.154 e. The van der Waals surface area contributed by atoms with E-state index in [2.05, 4.69) is 10.3 Å². The minimum Gasteiger partial charge on any atom is -0.396 e. The van der Waals surface area contributed by atoms with E-state index in [-0.39, 0.29) is 12.0 Å². The summed E-state index contributed by atoms with van der Waals surface area (Å²) >= 11 is 11.8. The zero-order valence-electron chi connectivity index (χ0n) is 10.3. The summed E-state index contributed by atoms with van der Waals surface area (Å²) in [6.07, 6.45) is 0.883. The van der Waals surface area contributed by atoms with Gasteiger partial charge in [0, 0.05) is 12.0 Å². The first-order chi connectivity index (χ1) is 7.91. The molecule has 0 aliphatic heterocycles. The van der Waals surface area contributed by atoms with E-state index in [9.17, 15) is 5.11 Å². The third kappa shape index (κ3) is 3.73. The molecule has 0 bridgehead atoms. The Labute approximate surface area is 112 Å². The fraction of sp³-hybridized carbons (Fsp3) is 0.583. The maximum Gasteiger partial charge on any atom is 0.154 e. The van der Waals surface area contributed by atoms with E-state index in [0.29, 0.717) is 16.9 Å². The van der Waals surface area contributed by atoms with Crippen LogP contribution in [0.5, 0.6) is 0 Å². The number of hydrogen-bond acceptors (Lipinski definition) is 3. The van der Waals surface area contributed by atoms with E-state index in [1.165, 1.54) is 0 Å². The number of halogens is 2. The summed E-state index contributed by atoms with van der Waals surface area (Å²) in [5.74, 6) is 0. The summed E-state index contributed by atoms with van der Waals surface area (Å²) < 4.78 is 0. The molecule has 1 rings (SSSR count). The van der Waals surface area contributed by atoms with Gasteiger partial charge in [-0.2, -0.15) is 0 Å². The fourth-order valence-corrected chi connectivity index (χ4v) is 2.00. The zero-order valence-corrected chi connectivity index (χ0v) is 11.9. The second kappa shape index (κ2) is 5.89. The molecule has 0 radical (unpaired) electrons. The number of rotatable bonds is 5. The number of nitrogens with zero attached hydrogens (tertiary/aromatic N) is 1. The number of anilines is 1. The third-order valence-electron chi connectivity index (χ3n) is 3.07. The molecule has 3 nitrogen and oxygen atoms in total. The molecule has 0 spiro atoms. The van der Waals surface area contributed by atoms with Gasteiger partial charge >= 0.3 is 0 Å². The van der Waals surface area contributed by atoms with Gasteiger partial charge in [-0.25, -0.2) is 4.98 Å². The van der Waals surface area contributed by atoms with Crippen LogP contribution in [-0.2, 0) is 0 Å². The molecule has 1 unspecified atom stereocenters. The Morgan fingerprint density at radius 1 is 1.47 bits per heavy atom. The van der Waals surface area contributed by atoms with Gasteiger partial charge in [0.25, 0.3) is 0 Å². The standard InChI is InChI=1S/C12H18Cl2N2O/c1-4-12(3,7-17)6-15-10-8(2)5-9(13)16-11(10)14/h5,15,17H,4,6-7H2,1-3H3. The van der Waals surface area contributed by atoms with Gasteiger partial charge in [0.05, 0.1) is 12.3 Å². The molecule has 1 heterocycles. The lowest BCUT2D eigenvalue weighted by Gasteiger charge is -2.27. The van der Waals surface area contributed by atoms with Crippen molar-refractivity contribution in [2.45, 2.75) is 27.2 Å². The maximum absolute atomic E-state index is 9.34. The number of hydrogen-bond donors (Lipinski definition) is 2. The highest BCUT2D eigenvalue weighted by molar-refractivity contribution is 6.34. The molecule has 0 aromatic carbocycles. The van der Waals surface area contributed by atoms with Gasteiger partial charge in [-0.3, -0.25) is 0 Å². The first-order valence-electron chi connectivity index (χ1n) is 5.59. The van der Waals surface area contributed by atoms with Crippen LogP contribution in [0.4, 0.5) is 5.69 Å². The average molecular weight is 277 g/mol. The molecular weight excluding hydrogens is 259 g/mol. The lowest BCUT2D eigenvalue weighted by Crippen LogP contribution is -2.29. The Balaban J connectivity index is 2.83. The molecule has 5 heteroatoms. The molecule has 1 aromatic rings.